The first-order valence-electron chi connectivity index (χ1n) is 11.1. The Morgan fingerprint density at radius 3 is 2.06 bits per heavy atom. The van der Waals surface area contributed by atoms with Crippen molar-refractivity contribution >= 4 is 51.8 Å². The van der Waals surface area contributed by atoms with Gasteiger partial charge in [0, 0.05) is 24.1 Å². The summed E-state index contributed by atoms with van der Waals surface area (Å²) in [6.07, 6.45) is 4.88. The molecule has 1 aliphatic carbocycles. The molecule has 0 aromatic heterocycles. The van der Waals surface area contributed by atoms with Gasteiger partial charge in [-0.2, -0.15) is 0 Å². The number of aliphatic carboxylic acids is 1. The first-order valence-corrected chi connectivity index (χ1v) is 11.1. The van der Waals surface area contributed by atoms with Gasteiger partial charge in [-0.05, 0) is 79.7 Å². The predicted molar refractivity (Wildman–Crippen MR) is 143 cm³/mol. The zero-order chi connectivity index (χ0) is 25.7. The van der Waals surface area contributed by atoms with Crippen LogP contribution in [-0.2, 0) is 4.79 Å². The fraction of sp³-hybridized carbons (Fsp3) is 0.0714. The van der Waals surface area contributed by atoms with E-state index in [2.05, 4.69) is 20.6 Å². The van der Waals surface area contributed by atoms with Crippen molar-refractivity contribution in [2.24, 2.45) is 9.98 Å². The highest BCUT2D eigenvalue weighted by atomic mass is 16.4. The fourth-order valence-electron chi connectivity index (χ4n) is 3.57. The highest BCUT2D eigenvalue weighted by Gasteiger charge is 2.18. The average Bonchev–Trinajstić information content (AvgIpc) is 2.87. The van der Waals surface area contributed by atoms with Crippen molar-refractivity contribution < 1.29 is 19.8 Å². The molecule has 3 aromatic rings. The van der Waals surface area contributed by atoms with Gasteiger partial charge in [0.2, 0.25) is 0 Å². The molecule has 0 fully saturated rings. The molecule has 0 radical (unpaired) electrons. The SMILES string of the molecule is CNc1ccc(Nc2ccc(/N=C3C=C/C(=N\c4ccc(C)cc4)C=C/3C(=O)O)cc2)cc1C(=O)O. The number of nitrogens with zero attached hydrogens (tertiary/aromatic N) is 2. The molecule has 0 aliphatic heterocycles. The molecule has 0 bridgehead atoms. The standard InChI is InChI=1S/C28H24N4O4/c1-17-3-5-18(6-4-17)30-22-12-14-26(24(16-22)28(35)36)32-20-9-7-19(8-10-20)31-21-11-13-25(29-2)23(15-21)27(33)34/h3-16,29,31H,1-2H3,(H,33,34)(H,35,36)/b30-22+,32-26-. The lowest BCUT2D eigenvalue weighted by Crippen LogP contribution is -2.15. The Balaban J connectivity index is 1.53. The molecule has 0 heterocycles. The van der Waals surface area contributed by atoms with Gasteiger partial charge >= 0.3 is 11.9 Å². The highest BCUT2D eigenvalue weighted by molar-refractivity contribution is 6.32. The number of hydrogen-bond acceptors (Lipinski definition) is 6. The van der Waals surface area contributed by atoms with Crippen LogP contribution >= 0.6 is 0 Å². The minimum Gasteiger partial charge on any atom is -0.478 e. The van der Waals surface area contributed by atoms with Crippen LogP contribution in [0.3, 0.4) is 0 Å². The van der Waals surface area contributed by atoms with Crippen molar-refractivity contribution in [3.63, 3.8) is 0 Å². The summed E-state index contributed by atoms with van der Waals surface area (Å²) in [7, 11) is 1.67. The maximum absolute atomic E-state index is 11.9. The topological polar surface area (TPSA) is 123 Å². The van der Waals surface area contributed by atoms with Crippen LogP contribution in [0.2, 0.25) is 0 Å². The van der Waals surface area contributed by atoms with Crippen molar-refractivity contribution in [1.82, 2.24) is 0 Å². The molecular weight excluding hydrogens is 456 g/mol. The Morgan fingerprint density at radius 2 is 1.42 bits per heavy atom. The number of aryl methyl sites for hydroxylation is 1. The predicted octanol–water partition coefficient (Wildman–Crippen LogP) is 5.90. The minimum absolute atomic E-state index is 0.0522. The van der Waals surface area contributed by atoms with E-state index in [0.29, 0.717) is 28.5 Å². The second-order valence-electron chi connectivity index (χ2n) is 8.05. The van der Waals surface area contributed by atoms with E-state index in [4.69, 9.17) is 0 Å². The molecular formula is C28H24N4O4. The largest absolute Gasteiger partial charge is 0.478 e. The minimum atomic E-state index is -1.09. The zero-order valence-electron chi connectivity index (χ0n) is 19.7. The number of carboxylic acid groups (broad SMARTS) is 2. The van der Waals surface area contributed by atoms with Gasteiger partial charge in [0.1, 0.15) is 0 Å². The van der Waals surface area contributed by atoms with Gasteiger partial charge in [-0.15, -0.1) is 0 Å². The molecule has 0 atom stereocenters. The summed E-state index contributed by atoms with van der Waals surface area (Å²) in [6.45, 7) is 1.99. The number of aliphatic imine (C=N–C) groups is 2. The molecule has 0 unspecified atom stereocenters. The van der Waals surface area contributed by atoms with E-state index >= 15 is 0 Å². The van der Waals surface area contributed by atoms with Gasteiger partial charge in [0.25, 0.3) is 0 Å². The Hall–Kier alpha value is -4.98. The molecule has 0 spiro atoms. The van der Waals surface area contributed by atoms with Gasteiger partial charge in [-0.25, -0.2) is 19.6 Å². The Bertz CT molecular complexity index is 1430. The molecule has 36 heavy (non-hydrogen) atoms. The molecule has 1 aliphatic rings. The Labute approximate surface area is 208 Å². The average molecular weight is 481 g/mol. The van der Waals surface area contributed by atoms with Crippen LogP contribution in [-0.4, -0.2) is 40.6 Å². The molecule has 4 N–H and O–H groups in total. The third kappa shape index (κ3) is 5.74. The van der Waals surface area contributed by atoms with E-state index in [1.807, 2.05) is 31.2 Å². The van der Waals surface area contributed by atoms with Gasteiger partial charge in [-0.1, -0.05) is 17.7 Å². The van der Waals surface area contributed by atoms with Gasteiger partial charge in [-0.3, -0.25) is 0 Å². The number of allylic oxidation sites excluding steroid dienone is 3. The van der Waals surface area contributed by atoms with Gasteiger partial charge in [0.15, 0.2) is 0 Å². The Morgan fingerprint density at radius 1 is 0.778 bits per heavy atom. The smallest absolute Gasteiger partial charge is 0.337 e. The number of carbonyl (C=O) groups is 2. The summed E-state index contributed by atoms with van der Waals surface area (Å²) in [5, 5.41) is 25.1. The summed E-state index contributed by atoms with van der Waals surface area (Å²) in [5.41, 5.74) is 5.36. The molecule has 4 rings (SSSR count). The monoisotopic (exact) mass is 480 g/mol. The maximum Gasteiger partial charge on any atom is 0.337 e. The van der Waals surface area contributed by atoms with Crippen LogP contribution in [0.1, 0.15) is 15.9 Å². The lowest BCUT2D eigenvalue weighted by atomic mass is 10.0. The summed E-state index contributed by atoms with van der Waals surface area (Å²) < 4.78 is 0. The summed E-state index contributed by atoms with van der Waals surface area (Å²) in [4.78, 5) is 32.4. The van der Waals surface area contributed by atoms with Crippen LogP contribution in [0, 0.1) is 6.92 Å². The number of nitrogens with one attached hydrogen (secondary N) is 2. The van der Waals surface area contributed by atoms with Crippen molar-refractivity contribution in [2.45, 2.75) is 6.92 Å². The Kier molecular flexibility index (Phi) is 7.06. The third-order valence-electron chi connectivity index (χ3n) is 5.43. The lowest BCUT2D eigenvalue weighted by Gasteiger charge is -2.11. The molecule has 0 saturated heterocycles. The van der Waals surface area contributed by atoms with Crippen molar-refractivity contribution in [3.05, 3.63) is 102 Å². The van der Waals surface area contributed by atoms with E-state index in [1.165, 1.54) is 6.08 Å². The summed E-state index contributed by atoms with van der Waals surface area (Å²) in [6, 6.07) is 19.7. The second-order valence-corrected chi connectivity index (χ2v) is 8.05. The van der Waals surface area contributed by atoms with E-state index in [0.717, 1.165) is 16.9 Å². The fourth-order valence-corrected chi connectivity index (χ4v) is 3.57. The van der Waals surface area contributed by atoms with Crippen molar-refractivity contribution in [1.29, 1.82) is 0 Å². The van der Waals surface area contributed by atoms with Crippen LogP contribution in [0.4, 0.5) is 28.4 Å². The lowest BCUT2D eigenvalue weighted by molar-refractivity contribution is -0.132. The normalized spacial score (nSPS) is 15.0. The molecule has 0 amide bonds. The van der Waals surface area contributed by atoms with Crippen molar-refractivity contribution in [2.75, 3.05) is 17.7 Å². The number of rotatable bonds is 7. The van der Waals surface area contributed by atoms with Gasteiger partial charge in [0.05, 0.1) is 33.9 Å². The molecule has 8 nitrogen and oxygen atoms in total. The van der Waals surface area contributed by atoms with Crippen LogP contribution in [0.15, 0.2) is 101 Å². The molecule has 0 saturated carbocycles. The zero-order valence-corrected chi connectivity index (χ0v) is 19.7. The highest BCUT2D eigenvalue weighted by Crippen LogP contribution is 2.26. The quantitative estimate of drug-likeness (QED) is 0.312. The first kappa shape index (κ1) is 24.2. The van der Waals surface area contributed by atoms with Crippen LogP contribution in [0.25, 0.3) is 0 Å². The number of aromatic carboxylic acids is 1. The molecule has 3 aromatic carbocycles. The summed E-state index contributed by atoms with van der Waals surface area (Å²) >= 11 is 0. The van der Waals surface area contributed by atoms with Crippen LogP contribution < -0.4 is 10.6 Å². The van der Waals surface area contributed by atoms with E-state index in [-0.39, 0.29) is 11.1 Å². The number of hydrogen-bond donors (Lipinski definition) is 4. The first-order chi connectivity index (χ1) is 17.3. The summed E-state index contributed by atoms with van der Waals surface area (Å²) in [5.74, 6) is -2.11. The van der Waals surface area contributed by atoms with Crippen LogP contribution in [0.5, 0.6) is 0 Å². The maximum atomic E-state index is 11.9. The second kappa shape index (κ2) is 10.5. The third-order valence-corrected chi connectivity index (χ3v) is 5.43. The van der Waals surface area contributed by atoms with Crippen molar-refractivity contribution in [3.8, 4) is 0 Å². The number of anilines is 3. The van der Waals surface area contributed by atoms with Gasteiger partial charge < -0.3 is 20.8 Å². The number of carboxylic acids is 2. The molecule has 180 valence electrons. The molecule has 8 heteroatoms. The van der Waals surface area contributed by atoms with E-state index < -0.39 is 11.9 Å². The number of benzene rings is 3. The van der Waals surface area contributed by atoms with E-state index in [1.54, 1.807) is 61.7 Å². The van der Waals surface area contributed by atoms with E-state index in [9.17, 15) is 19.8 Å².